The van der Waals surface area contributed by atoms with Crippen molar-refractivity contribution in [3.8, 4) is 17.0 Å². The Morgan fingerprint density at radius 1 is 1.15 bits per heavy atom. The molecule has 0 aliphatic carbocycles. The van der Waals surface area contributed by atoms with E-state index in [4.69, 9.17) is 9.72 Å². The lowest BCUT2D eigenvalue weighted by atomic mass is 10.1. The number of fused-ring (bicyclic) bond motifs is 1. The molecule has 9 heteroatoms. The number of hydrogen-bond donors (Lipinski definition) is 2. The molecular weight excluding hydrogens is 490 g/mol. The Labute approximate surface area is 229 Å². The fraction of sp³-hybridized carbons (Fsp3) is 0.267. The van der Waals surface area contributed by atoms with E-state index < -0.39 is 0 Å². The van der Waals surface area contributed by atoms with Crippen molar-refractivity contribution in [3.63, 3.8) is 0 Å². The van der Waals surface area contributed by atoms with E-state index in [1.807, 2.05) is 65.4 Å². The number of nitrogens with one attached hydrogen (secondary N) is 2. The second-order valence-corrected chi connectivity index (χ2v) is 9.42. The molecule has 2 heterocycles. The summed E-state index contributed by atoms with van der Waals surface area (Å²) in [7, 11) is 8.05. The van der Waals surface area contributed by atoms with E-state index in [-0.39, 0.29) is 5.91 Å². The Hall–Kier alpha value is -4.59. The highest BCUT2D eigenvalue weighted by Crippen LogP contribution is 2.38. The normalized spacial score (nSPS) is 10.8. The molecule has 0 aliphatic heterocycles. The number of carbonyl (C=O) groups excluding carboxylic acids is 1. The third-order valence-corrected chi connectivity index (χ3v) is 6.26. The number of aryl methyl sites for hydroxylation is 1. The van der Waals surface area contributed by atoms with Gasteiger partial charge >= 0.3 is 0 Å². The standard InChI is InChI=1S/C30H35N7O2/c1-7-11-29(38)32-24-18-25(28(39-8-2)19-27(24)36(5)17-16-35(3)4)34-30-31-15-14-23(33-30)22-20-37(6)26-13-10-9-12-21(22)26/h9-15,18-20H,1,8,16-17H2,2-6H3,(H,32,38)(H,31,33,34). The molecule has 0 spiro atoms. The number of benzene rings is 2. The van der Waals surface area contributed by atoms with Crippen LogP contribution in [0.1, 0.15) is 6.92 Å². The first kappa shape index (κ1) is 27.4. The molecule has 0 unspecified atom stereocenters. The lowest BCUT2D eigenvalue weighted by Crippen LogP contribution is -2.29. The minimum Gasteiger partial charge on any atom is -0.492 e. The van der Waals surface area contributed by atoms with Crippen molar-refractivity contribution in [2.75, 3.05) is 56.4 Å². The summed E-state index contributed by atoms with van der Waals surface area (Å²) in [6, 6.07) is 13.9. The second-order valence-electron chi connectivity index (χ2n) is 9.42. The van der Waals surface area contributed by atoms with Crippen molar-refractivity contribution in [2.24, 2.45) is 7.05 Å². The summed E-state index contributed by atoms with van der Waals surface area (Å²) in [6.45, 7) is 7.50. The van der Waals surface area contributed by atoms with Gasteiger partial charge in [-0.2, -0.15) is 0 Å². The second kappa shape index (κ2) is 12.3. The molecule has 0 saturated heterocycles. The number of nitrogens with zero attached hydrogens (tertiary/aromatic N) is 5. The number of rotatable bonds is 11. The minimum absolute atomic E-state index is 0.323. The smallest absolute Gasteiger partial charge is 0.256 e. The number of hydrogen-bond acceptors (Lipinski definition) is 7. The molecule has 2 aromatic carbocycles. The predicted molar refractivity (Wildman–Crippen MR) is 159 cm³/mol. The van der Waals surface area contributed by atoms with E-state index in [1.165, 1.54) is 6.08 Å². The summed E-state index contributed by atoms with van der Waals surface area (Å²) in [5.74, 6) is 0.718. The Kier molecular flexibility index (Phi) is 8.66. The lowest BCUT2D eigenvalue weighted by Gasteiger charge is -2.26. The van der Waals surface area contributed by atoms with Gasteiger partial charge in [-0.15, -0.1) is 5.73 Å². The summed E-state index contributed by atoms with van der Waals surface area (Å²) in [4.78, 5) is 25.9. The maximum atomic E-state index is 12.5. The number of anilines is 4. The summed E-state index contributed by atoms with van der Waals surface area (Å²) < 4.78 is 8.10. The van der Waals surface area contributed by atoms with Crippen molar-refractivity contribution >= 4 is 39.8 Å². The van der Waals surface area contributed by atoms with Gasteiger partial charge in [0.2, 0.25) is 5.95 Å². The van der Waals surface area contributed by atoms with Crippen LogP contribution in [0.25, 0.3) is 22.2 Å². The highest BCUT2D eigenvalue weighted by molar-refractivity contribution is 6.02. The van der Waals surface area contributed by atoms with Crippen LogP contribution in [0.3, 0.4) is 0 Å². The van der Waals surface area contributed by atoms with E-state index in [1.54, 1.807) is 6.20 Å². The number of ether oxygens (including phenoxy) is 1. The average molecular weight is 526 g/mol. The Morgan fingerprint density at radius 3 is 2.69 bits per heavy atom. The molecule has 4 rings (SSSR count). The van der Waals surface area contributed by atoms with Gasteiger partial charge in [-0.1, -0.05) is 24.8 Å². The maximum Gasteiger partial charge on any atom is 0.256 e. The molecule has 0 saturated carbocycles. The van der Waals surface area contributed by atoms with Gasteiger partial charge in [-0.3, -0.25) is 4.79 Å². The fourth-order valence-electron chi connectivity index (χ4n) is 4.32. The van der Waals surface area contributed by atoms with Crippen molar-refractivity contribution in [1.29, 1.82) is 0 Å². The monoisotopic (exact) mass is 525 g/mol. The van der Waals surface area contributed by atoms with Crippen LogP contribution >= 0.6 is 0 Å². The van der Waals surface area contributed by atoms with E-state index in [9.17, 15) is 4.79 Å². The van der Waals surface area contributed by atoms with E-state index >= 15 is 0 Å². The van der Waals surface area contributed by atoms with Gasteiger partial charge in [0, 0.05) is 68.2 Å². The molecule has 0 aliphatic rings. The van der Waals surface area contributed by atoms with Crippen LogP contribution in [0.2, 0.25) is 0 Å². The van der Waals surface area contributed by atoms with Gasteiger partial charge < -0.3 is 29.7 Å². The van der Waals surface area contributed by atoms with E-state index in [0.29, 0.717) is 29.7 Å². The first-order valence-corrected chi connectivity index (χ1v) is 12.8. The molecule has 39 heavy (non-hydrogen) atoms. The van der Waals surface area contributed by atoms with Crippen molar-refractivity contribution in [2.45, 2.75) is 6.92 Å². The van der Waals surface area contributed by atoms with Crippen LogP contribution < -0.4 is 20.3 Å². The Balaban J connectivity index is 1.74. The quantitative estimate of drug-likeness (QED) is 0.209. The summed E-state index contributed by atoms with van der Waals surface area (Å²) in [5.41, 5.74) is 7.54. The van der Waals surface area contributed by atoms with Crippen LogP contribution in [0.5, 0.6) is 5.75 Å². The first-order valence-electron chi connectivity index (χ1n) is 12.8. The highest BCUT2D eigenvalue weighted by Gasteiger charge is 2.17. The van der Waals surface area contributed by atoms with Crippen LogP contribution in [-0.2, 0) is 11.8 Å². The zero-order valence-electron chi connectivity index (χ0n) is 23.2. The predicted octanol–water partition coefficient (Wildman–Crippen LogP) is 5.06. The molecule has 202 valence electrons. The summed E-state index contributed by atoms with van der Waals surface area (Å²) in [6.07, 6.45) is 5.07. The average Bonchev–Trinajstić information content (AvgIpc) is 3.25. The Morgan fingerprint density at radius 2 is 1.95 bits per heavy atom. The molecule has 0 atom stereocenters. The highest BCUT2D eigenvalue weighted by atomic mass is 16.5. The van der Waals surface area contributed by atoms with Gasteiger partial charge in [-0.05, 0) is 39.2 Å². The van der Waals surface area contributed by atoms with Crippen LogP contribution in [0.15, 0.2) is 73.2 Å². The Bertz CT molecular complexity index is 1520. The lowest BCUT2D eigenvalue weighted by molar-refractivity contribution is -0.111. The van der Waals surface area contributed by atoms with Crippen molar-refractivity contribution in [1.82, 2.24) is 19.4 Å². The number of carbonyl (C=O) groups is 1. The molecule has 0 fully saturated rings. The third-order valence-electron chi connectivity index (χ3n) is 6.26. The summed E-state index contributed by atoms with van der Waals surface area (Å²) in [5, 5.41) is 7.37. The summed E-state index contributed by atoms with van der Waals surface area (Å²) >= 11 is 0. The molecule has 0 bridgehead atoms. The number of aromatic nitrogens is 3. The molecule has 2 N–H and O–H groups in total. The topological polar surface area (TPSA) is 87.5 Å². The third kappa shape index (κ3) is 6.46. The zero-order valence-corrected chi connectivity index (χ0v) is 23.2. The van der Waals surface area contributed by atoms with Gasteiger partial charge in [0.1, 0.15) is 5.75 Å². The van der Waals surface area contributed by atoms with E-state index in [2.05, 4.69) is 60.6 Å². The van der Waals surface area contributed by atoms with Gasteiger partial charge in [0.15, 0.2) is 0 Å². The maximum absolute atomic E-state index is 12.5. The SMILES string of the molecule is C=C=CC(=O)Nc1cc(Nc2nccc(-c3cn(C)c4ccccc34)n2)c(OCC)cc1N(C)CCN(C)C. The minimum atomic E-state index is -0.323. The molecular formula is C30H35N7O2. The first-order chi connectivity index (χ1) is 18.8. The molecule has 0 radical (unpaired) electrons. The number of amides is 1. The van der Waals surface area contributed by atoms with Gasteiger partial charge in [-0.25, -0.2) is 9.97 Å². The van der Waals surface area contributed by atoms with Crippen LogP contribution in [-0.4, -0.2) is 66.2 Å². The fourth-order valence-corrected chi connectivity index (χ4v) is 4.32. The number of para-hydroxylation sites is 1. The molecule has 2 aromatic heterocycles. The molecule has 4 aromatic rings. The van der Waals surface area contributed by atoms with E-state index in [0.717, 1.165) is 40.9 Å². The van der Waals surface area contributed by atoms with Crippen LogP contribution in [0.4, 0.5) is 23.0 Å². The number of likely N-dealkylation sites (N-methyl/N-ethyl adjacent to an activating group) is 2. The largest absolute Gasteiger partial charge is 0.492 e. The molecule has 1 amide bonds. The van der Waals surface area contributed by atoms with Crippen molar-refractivity contribution < 1.29 is 9.53 Å². The van der Waals surface area contributed by atoms with Gasteiger partial charge in [0.25, 0.3) is 5.91 Å². The van der Waals surface area contributed by atoms with Crippen molar-refractivity contribution in [3.05, 3.63) is 73.2 Å². The zero-order chi connectivity index (χ0) is 27.9. The van der Waals surface area contributed by atoms with Gasteiger partial charge in [0.05, 0.1) is 29.4 Å². The van der Waals surface area contributed by atoms with Crippen LogP contribution in [0, 0.1) is 0 Å². The molecule has 9 nitrogen and oxygen atoms in total.